The molecular formula is C21H16N4O3. The van der Waals surface area contributed by atoms with Crippen molar-refractivity contribution in [2.45, 2.75) is 0 Å². The van der Waals surface area contributed by atoms with E-state index in [-0.39, 0.29) is 5.91 Å². The van der Waals surface area contributed by atoms with Gasteiger partial charge in [0.2, 0.25) is 5.82 Å². The van der Waals surface area contributed by atoms with Crippen molar-refractivity contribution in [3.63, 3.8) is 0 Å². The predicted molar refractivity (Wildman–Crippen MR) is 104 cm³/mol. The molecule has 7 nitrogen and oxygen atoms in total. The highest BCUT2D eigenvalue weighted by atomic mass is 16.5. The number of hydrogen-bond donors (Lipinski definition) is 1. The van der Waals surface area contributed by atoms with E-state index in [2.05, 4.69) is 20.4 Å². The summed E-state index contributed by atoms with van der Waals surface area (Å²) in [5.74, 6) is 1.11. The fourth-order valence-corrected chi connectivity index (χ4v) is 2.65. The van der Waals surface area contributed by atoms with Crippen LogP contribution in [0, 0.1) is 0 Å². The van der Waals surface area contributed by atoms with Gasteiger partial charge in [-0.1, -0.05) is 23.4 Å². The van der Waals surface area contributed by atoms with Crippen LogP contribution in [0.15, 0.2) is 77.4 Å². The number of ether oxygens (including phenoxy) is 1. The lowest BCUT2D eigenvalue weighted by Crippen LogP contribution is -2.12. The number of nitrogens with zero attached hydrogens (tertiary/aromatic N) is 3. The monoisotopic (exact) mass is 372 g/mol. The molecule has 0 radical (unpaired) electrons. The predicted octanol–water partition coefficient (Wildman–Crippen LogP) is 4.06. The molecule has 2 heterocycles. The van der Waals surface area contributed by atoms with E-state index in [0.29, 0.717) is 40.0 Å². The van der Waals surface area contributed by atoms with Crippen LogP contribution < -0.4 is 10.1 Å². The standard InChI is InChI=1S/C21H16N4O3/c1-27-15-11-9-14(10-12-15)20(26)23-17-7-3-2-6-16(17)21-24-19(25-28-21)18-8-4-5-13-22-18/h2-13H,1H3,(H,23,26). The normalized spacial score (nSPS) is 10.5. The smallest absolute Gasteiger partial charge is 0.260 e. The van der Waals surface area contributed by atoms with Crippen molar-refractivity contribution in [2.24, 2.45) is 0 Å². The van der Waals surface area contributed by atoms with Crippen molar-refractivity contribution in [1.29, 1.82) is 0 Å². The average Bonchev–Trinajstić information content (AvgIpc) is 3.25. The second-order valence-corrected chi connectivity index (χ2v) is 5.87. The van der Waals surface area contributed by atoms with Gasteiger partial charge in [-0.25, -0.2) is 0 Å². The lowest BCUT2D eigenvalue weighted by Gasteiger charge is -2.09. The molecule has 28 heavy (non-hydrogen) atoms. The first-order valence-electron chi connectivity index (χ1n) is 8.54. The Hall–Kier alpha value is -4.00. The minimum absolute atomic E-state index is 0.250. The lowest BCUT2D eigenvalue weighted by molar-refractivity contribution is 0.102. The van der Waals surface area contributed by atoms with Crippen LogP contribution in [0.5, 0.6) is 5.75 Å². The molecule has 0 spiro atoms. The van der Waals surface area contributed by atoms with E-state index in [1.54, 1.807) is 55.8 Å². The van der Waals surface area contributed by atoms with Crippen molar-refractivity contribution in [3.8, 4) is 28.7 Å². The number of carbonyl (C=O) groups is 1. The first kappa shape index (κ1) is 17.4. The summed E-state index contributed by atoms with van der Waals surface area (Å²) in [7, 11) is 1.58. The number of benzene rings is 2. The minimum Gasteiger partial charge on any atom is -0.497 e. The van der Waals surface area contributed by atoms with Crippen molar-refractivity contribution < 1.29 is 14.1 Å². The van der Waals surface area contributed by atoms with E-state index in [0.717, 1.165) is 0 Å². The van der Waals surface area contributed by atoms with Crippen LogP contribution in [0.2, 0.25) is 0 Å². The van der Waals surface area contributed by atoms with Crippen LogP contribution in [-0.4, -0.2) is 28.1 Å². The molecule has 4 aromatic rings. The number of aromatic nitrogens is 3. The molecule has 0 saturated carbocycles. The molecule has 0 aliphatic rings. The molecule has 1 N–H and O–H groups in total. The number of methoxy groups -OCH3 is 1. The second-order valence-electron chi connectivity index (χ2n) is 5.87. The Morgan fingerprint density at radius 2 is 1.79 bits per heavy atom. The summed E-state index contributed by atoms with van der Waals surface area (Å²) < 4.78 is 10.5. The number of para-hydroxylation sites is 1. The topological polar surface area (TPSA) is 90.1 Å². The number of pyridine rings is 1. The quantitative estimate of drug-likeness (QED) is 0.568. The summed E-state index contributed by atoms with van der Waals surface area (Å²) in [5.41, 5.74) is 2.31. The Morgan fingerprint density at radius 3 is 2.54 bits per heavy atom. The Morgan fingerprint density at radius 1 is 1.00 bits per heavy atom. The van der Waals surface area contributed by atoms with Gasteiger partial charge in [0, 0.05) is 11.8 Å². The second kappa shape index (κ2) is 7.71. The van der Waals surface area contributed by atoms with E-state index < -0.39 is 0 Å². The van der Waals surface area contributed by atoms with E-state index in [9.17, 15) is 4.79 Å². The third kappa shape index (κ3) is 3.59. The third-order valence-electron chi connectivity index (χ3n) is 4.08. The van der Waals surface area contributed by atoms with Crippen LogP contribution in [0.1, 0.15) is 10.4 Å². The van der Waals surface area contributed by atoms with Gasteiger partial charge in [0.15, 0.2) is 0 Å². The van der Waals surface area contributed by atoms with Gasteiger partial charge in [-0.05, 0) is 48.5 Å². The SMILES string of the molecule is COc1ccc(C(=O)Nc2ccccc2-c2nc(-c3ccccn3)no2)cc1. The Labute approximate surface area is 161 Å². The summed E-state index contributed by atoms with van der Waals surface area (Å²) in [6.45, 7) is 0. The van der Waals surface area contributed by atoms with Gasteiger partial charge in [-0.15, -0.1) is 0 Å². The highest BCUT2D eigenvalue weighted by Gasteiger charge is 2.16. The Bertz CT molecular complexity index is 1090. The van der Waals surface area contributed by atoms with Gasteiger partial charge in [0.05, 0.1) is 18.4 Å². The molecule has 1 amide bonds. The Kier molecular flexibility index (Phi) is 4.79. The third-order valence-corrected chi connectivity index (χ3v) is 4.08. The van der Waals surface area contributed by atoms with Crippen molar-refractivity contribution >= 4 is 11.6 Å². The van der Waals surface area contributed by atoms with Gasteiger partial charge >= 0.3 is 0 Å². The van der Waals surface area contributed by atoms with Crippen LogP contribution in [0.25, 0.3) is 23.0 Å². The van der Waals surface area contributed by atoms with Gasteiger partial charge in [0.25, 0.3) is 11.8 Å². The summed E-state index contributed by atoms with van der Waals surface area (Å²) in [6.07, 6.45) is 1.66. The molecule has 138 valence electrons. The number of hydrogen-bond acceptors (Lipinski definition) is 6. The molecule has 2 aromatic carbocycles. The van der Waals surface area contributed by atoms with Gasteiger partial charge < -0.3 is 14.6 Å². The van der Waals surface area contributed by atoms with E-state index >= 15 is 0 Å². The molecular weight excluding hydrogens is 356 g/mol. The van der Waals surface area contributed by atoms with E-state index in [4.69, 9.17) is 9.26 Å². The summed E-state index contributed by atoms with van der Waals surface area (Å²) >= 11 is 0. The van der Waals surface area contributed by atoms with Gasteiger partial charge in [-0.2, -0.15) is 4.98 Å². The van der Waals surface area contributed by atoms with E-state index in [1.165, 1.54) is 0 Å². The van der Waals surface area contributed by atoms with Crippen LogP contribution in [0.4, 0.5) is 5.69 Å². The maximum absolute atomic E-state index is 12.6. The maximum atomic E-state index is 12.6. The minimum atomic E-state index is -0.250. The van der Waals surface area contributed by atoms with Crippen molar-refractivity contribution in [1.82, 2.24) is 15.1 Å². The Balaban J connectivity index is 1.60. The van der Waals surface area contributed by atoms with Crippen LogP contribution in [-0.2, 0) is 0 Å². The molecule has 0 unspecified atom stereocenters. The number of nitrogens with one attached hydrogen (secondary N) is 1. The highest BCUT2D eigenvalue weighted by Crippen LogP contribution is 2.28. The fourth-order valence-electron chi connectivity index (χ4n) is 2.65. The lowest BCUT2D eigenvalue weighted by atomic mass is 10.1. The summed E-state index contributed by atoms with van der Waals surface area (Å²) in [5, 5.41) is 6.87. The summed E-state index contributed by atoms with van der Waals surface area (Å²) in [6, 6.07) is 19.6. The van der Waals surface area contributed by atoms with Crippen LogP contribution in [0.3, 0.4) is 0 Å². The largest absolute Gasteiger partial charge is 0.497 e. The van der Waals surface area contributed by atoms with Gasteiger partial charge in [-0.3, -0.25) is 9.78 Å². The molecule has 0 aliphatic heterocycles. The molecule has 4 rings (SSSR count). The maximum Gasteiger partial charge on any atom is 0.260 e. The molecule has 2 aromatic heterocycles. The van der Waals surface area contributed by atoms with Gasteiger partial charge in [0.1, 0.15) is 11.4 Å². The van der Waals surface area contributed by atoms with Crippen molar-refractivity contribution in [3.05, 3.63) is 78.5 Å². The molecule has 0 bridgehead atoms. The zero-order chi connectivity index (χ0) is 19.3. The zero-order valence-corrected chi connectivity index (χ0v) is 15.0. The van der Waals surface area contributed by atoms with Crippen LogP contribution >= 0.6 is 0 Å². The number of anilines is 1. The zero-order valence-electron chi connectivity index (χ0n) is 15.0. The molecule has 0 aliphatic carbocycles. The average molecular weight is 372 g/mol. The van der Waals surface area contributed by atoms with Crippen molar-refractivity contribution in [2.75, 3.05) is 12.4 Å². The fraction of sp³-hybridized carbons (Fsp3) is 0.0476. The first-order chi connectivity index (χ1) is 13.7. The molecule has 0 saturated heterocycles. The van der Waals surface area contributed by atoms with E-state index in [1.807, 2.05) is 24.3 Å². The molecule has 0 atom stereocenters. The first-order valence-corrected chi connectivity index (χ1v) is 8.54. The molecule has 7 heteroatoms. The summed E-state index contributed by atoms with van der Waals surface area (Å²) in [4.78, 5) is 21.2. The number of carbonyl (C=O) groups excluding carboxylic acids is 1. The number of amides is 1. The molecule has 0 fully saturated rings. The number of rotatable bonds is 5. The highest BCUT2D eigenvalue weighted by molar-refractivity contribution is 6.06.